The molecule has 0 radical (unpaired) electrons. The van der Waals surface area contributed by atoms with Gasteiger partial charge in [-0.2, -0.15) is 8.42 Å². The fourth-order valence-corrected chi connectivity index (χ4v) is 3.88. The summed E-state index contributed by atoms with van der Waals surface area (Å²) < 4.78 is 32.9. The van der Waals surface area contributed by atoms with Crippen LogP contribution in [0.15, 0.2) is 30.3 Å². The van der Waals surface area contributed by atoms with Gasteiger partial charge in [0.25, 0.3) is 11.6 Å². The van der Waals surface area contributed by atoms with E-state index in [-0.39, 0.29) is 13.0 Å². The van der Waals surface area contributed by atoms with Crippen LogP contribution < -0.4 is 5.32 Å². The Kier molecular flexibility index (Phi) is 5.04. The van der Waals surface area contributed by atoms with Crippen molar-refractivity contribution < 1.29 is 31.2 Å². The molecule has 0 bridgehead atoms. The van der Waals surface area contributed by atoms with Gasteiger partial charge in [-0.05, 0) is 19.7 Å². The Bertz CT molecular complexity index is 871. The molecule has 2 heterocycles. The lowest BCUT2D eigenvalue weighted by molar-refractivity contribution is -0.170. The fourth-order valence-electron chi connectivity index (χ4n) is 2.99. The molecule has 0 aromatic heterocycles. The van der Waals surface area contributed by atoms with Crippen molar-refractivity contribution in [3.63, 3.8) is 0 Å². The number of likely N-dealkylation sites (N-methyl/N-ethyl adjacent to an activating group) is 1. The maximum Gasteiger partial charge on any atom is 0.402 e. The van der Waals surface area contributed by atoms with Crippen LogP contribution in [0.3, 0.4) is 0 Å². The highest BCUT2D eigenvalue weighted by Gasteiger charge is 2.62. The van der Waals surface area contributed by atoms with Crippen molar-refractivity contribution in [3.8, 4) is 0 Å². The van der Waals surface area contributed by atoms with Gasteiger partial charge in [0.05, 0.1) is 12.5 Å². The molecule has 0 aliphatic carbocycles. The first-order valence-electron chi connectivity index (χ1n) is 8.12. The summed E-state index contributed by atoms with van der Waals surface area (Å²) in [5.41, 5.74) is -1.65. The van der Waals surface area contributed by atoms with E-state index in [1.54, 1.807) is 44.4 Å². The number of rotatable bonds is 5. The second-order valence-corrected chi connectivity index (χ2v) is 7.68. The molecule has 1 aromatic carbocycles. The lowest BCUT2D eigenvalue weighted by Gasteiger charge is -2.32. The number of nitrogens with zero attached hydrogens (tertiary/aromatic N) is 2. The molecule has 11 heteroatoms. The molecule has 3 rings (SSSR count). The van der Waals surface area contributed by atoms with Crippen molar-refractivity contribution >= 4 is 28.1 Å². The van der Waals surface area contributed by atoms with Crippen molar-refractivity contribution in [2.45, 2.75) is 24.7 Å². The Balaban J connectivity index is 1.90. The summed E-state index contributed by atoms with van der Waals surface area (Å²) in [6.07, 6.45) is -0.192. The van der Waals surface area contributed by atoms with Crippen LogP contribution in [0.25, 0.3) is 0 Å². The van der Waals surface area contributed by atoms with Gasteiger partial charge in [0.2, 0.25) is 11.8 Å². The molecule has 1 N–H and O–H groups in total. The Morgan fingerprint density at radius 2 is 1.96 bits per heavy atom. The smallest absolute Gasteiger partial charge is 0.348 e. The van der Waals surface area contributed by atoms with Crippen LogP contribution in [0, 0.1) is 0 Å². The molecule has 146 valence electrons. The number of hydrogen-bond donors (Lipinski definition) is 1. The molecule has 10 nitrogen and oxygen atoms in total. The van der Waals surface area contributed by atoms with Gasteiger partial charge in [0.15, 0.2) is 0 Å². The molecule has 2 saturated heterocycles. The minimum atomic E-state index is -4.52. The maximum absolute atomic E-state index is 12.8. The van der Waals surface area contributed by atoms with Crippen molar-refractivity contribution in [3.05, 3.63) is 35.9 Å². The lowest BCUT2D eigenvalue weighted by atomic mass is 10.1. The molecule has 1 aromatic rings. The molecule has 2 fully saturated rings. The summed E-state index contributed by atoms with van der Waals surface area (Å²) in [4.78, 5) is 40.1. The summed E-state index contributed by atoms with van der Waals surface area (Å²) in [6.45, 7) is -0.744. The highest BCUT2D eigenvalue weighted by atomic mass is 32.3. The number of carbonyl (C=O) groups excluding carboxylic acids is 3. The summed E-state index contributed by atoms with van der Waals surface area (Å²) in [5.74, 6) is -2.39. The van der Waals surface area contributed by atoms with Gasteiger partial charge >= 0.3 is 10.4 Å². The molecule has 2 aliphatic heterocycles. The first-order valence-corrected chi connectivity index (χ1v) is 9.45. The number of imide groups is 1. The number of carbonyl (C=O) groups is 3. The summed E-state index contributed by atoms with van der Waals surface area (Å²) in [7, 11) is -1.32. The van der Waals surface area contributed by atoms with Gasteiger partial charge in [-0.3, -0.25) is 19.3 Å². The number of benzene rings is 1. The molecular weight excluding hydrogens is 378 g/mol. The third-order valence-corrected chi connectivity index (χ3v) is 5.28. The zero-order valence-electron chi connectivity index (χ0n) is 14.7. The quantitative estimate of drug-likeness (QED) is 0.627. The zero-order valence-corrected chi connectivity index (χ0v) is 15.6. The summed E-state index contributed by atoms with van der Waals surface area (Å²) >= 11 is 0. The van der Waals surface area contributed by atoms with Crippen molar-refractivity contribution in [1.29, 1.82) is 0 Å². The van der Waals surface area contributed by atoms with Gasteiger partial charge in [-0.1, -0.05) is 30.3 Å². The van der Waals surface area contributed by atoms with Crippen LogP contribution in [0.4, 0.5) is 0 Å². The van der Waals surface area contributed by atoms with Crippen molar-refractivity contribution in [2.75, 3.05) is 20.7 Å². The van der Waals surface area contributed by atoms with Crippen molar-refractivity contribution in [1.82, 2.24) is 15.1 Å². The van der Waals surface area contributed by atoms with Gasteiger partial charge < -0.3 is 5.32 Å². The third kappa shape index (κ3) is 3.58. The summed E-state index contributed by atoms with van der Waals surface area (Å²) in [6, 6.07) is 8.03. The van der Waals surface area contributed by atoms with Crippen LogP contribution in [-0.4, -0.2) is 68.4 Å². The molecule has 0 saturated carbocycles. The van der Waals surface area contributed by atoms with E-state index in [0.717, 1.165) is 5.56 Å². The van der Waals surface area contributed by atoms with E-state index in [0.29, 0.717) is 4.90 Å². The Labute approximate surface area is 156 Å². The zero-order chi connectivity index (χ0) is 19.8. The fraction of sp³-hybridized carbons (Fsp3) is 0.438. The van der Waals surface area contributed by atoms with E-state index in [1.165, 1.54) is 4.90 Å². The minimum Gasteiger partial charge on any atom is -0.348 e. The molecule has 3 amide bonds. The first-order chi connectivity index (χ1) is 12.7. The molecule has 27 heavy (non-hydrogen) atoms. The van der Waals surface area contributed by atoms with E-state index < -0.39 is 46.5 Å². The standard InChI is InChI=1S/C16H19N3O7S/c1-18(2)12-8-13(20)19(14(12)21)16(10-25-27(23,24)26-16)15(22)17-9-11-6-4-3-5-7-11/h3-7,12H,8-10H2,1-2H3,(H,17,22). The van der Waals surface area contributed by atoms with Crippen LogP contribution in [-0.2, 0) is 39.7 Å². The predicted molar refractivity (Wildman–Crippen MR) is 90.9 cm³/mol. The minimum absolute atomic E-state index is 0.0537. The molecule has 2 aliphatic rings. The Morgan fingerprint density at radius 1 is 1.30 bits per heavy atom. The van der Waals surface area contributed by atoms with Crippen LogP contribution in [0.5, 0.6) is 0 Å². The normalized spacial score (nSPS) is 27.4. The molecule has 2 unspecified atom stereocenters. The van der Waals surface area contributed by atoms with Crippen LogP contribution >= 0.6 is 0 Å². The number of amides is 3. The first kappa shape index (κ1) is 19.4. The van der Waals surface area contributed by atoms with Gasteiger partial charge in [0, 0.05) is 6.54 Å². The summed E-state index contributed by atoms with van der Waals surface area (Å²) in [5, 5.41) is 2.51. The van der Waals surface area contributed by atoms with E-state index in [4.69, 9.17) is 4.18 Å². The molecule has 2 atom stereocenters. The highest BCUT2D eigenvalue weighted by Crippen LogP contribution is 2.34. The maximum atomic E-state index is 12.8. The lowest BCUT2D eigenvalue weighted by Crippen LogP contribution is -2.63. The van der Waals surface area contributed by atoms with Crippen LogP contribution in [0.2, 0.25) is 0 Å². The van der Waals surface area contributed by atoms with E-state index in [9.17, 15) is 22.8 Å². The van der Waals surface area contributed by atoms with E-state index in [1.807, 2.05) is 0 Å². The van der Waals surface area contributed by atoms with Gasteiger partial charge in [-0.15, -0.1) is 0 Å². The topological polar surface area (TPSA) is 122 Å². The second kappa shape index (κ2) is 7.00. The monoisotopic (exact) mass is 397 g/mol. The van der Waals surface area contributed by atoms with E-state index >= 15 is 0 Å². The SMILES string of the molecule is CN(C)C1CC(=O)N(C2(C(=O)NCc3ccccc3)COS(=O)(=O)O2)C1=O. The van der Waals surface area contributed by atoms with Gasteiger partial charge in [-0.25, -0.2) is 13.3 Å². The Morgan fingerprint density at radius 3 is 2.48 bits per heavy atom. The molecule has 0 spiro atoms. The third-order valence-electron chi connectivity index (χ3n) is 4.40. The number of likely N-dealkylation sites (tertiary alicyclic amines) is 1. The highest BCUT2D eigenvalue weighted by molar-refractivity contribution is 7.82. The largest absolute Gasteiger partial charge is 0.402 e. The average molecular weight is 397 g/mol. The number of nitrogens with one attached hydrogen (secondary N) is 1. The van der Waals surface area contributed by atoms with E-state index in [2.05, 4.69) is 9.50 Å². The second-order valence-electron chi connectivity index (χ2n) is 6.46. The molecular formula is C16H19N3O7S. The van der Waals surface area contributed by atoms with Gasteiger partial charge in [0.1, 0.15) is 6.61 Å². The predicted octanol–water partition coefficient (Wildman–Crippen LogP) is -1.02. The Hall–Kier alpha value is -2.34. The number of hydrogen-bond acceptors (Lipinski definition) is 8. The van der Waals surface area contributed by atoms with Crippen molar-refractivity contribution in [2.24, 2.45) is 0 Å². The van der Waals surface area contributed by atoms with Crippen LogP contribution in [0.1, 0.15) is 12.0 Å². The average Bonchev–Trinajstić information content (AvgIpc) is 3.10.